The topological polar surface area (TPSA) is 81.7 Å². The van der Waals surface area contributed by atoms with Gasteiger partial charge in [-0.25, -0.2) is 0 Å². The molecule has 6 nitrogen and oxygen atoms in total. The Balaban J connectivity index is 1.93. The minimum atomic E-state index is -0.592. The van der Waals surface area contributed by atoms with Crippen LogP contribution in [0.1, 0.15) is 29.3 Å². The Morgan fingerprint density at radius 3 is 2.40 bits per heavy atom. The van der Waals surface area contributed by atoms with E-state index >= 15 is 0 Å². The van der Waals surface area contributed by atoms with Crippen LogP contribution in [0.15, 0.2) is 48.5 Å². The van der Waals surface area contributed by atoms with Gasteiger partial charge in [0.1, 0.15) is 18.8 Å². The van der Waals surface area contributed by atoms with E-state index in [0.29, 0.717) is 23.6 Å². The molecule has 1 amide bonds. The number of ether oxygens (including phenoxy) is 2. The molecule has 0 aliphatic carbocycles. The fourth-order valence-corrected chi connectivity index (χ4v) is 2.10. The highest BCUT2D eigenvalue weighted by Gasteiger charge is 2.09. The summed E-state index contributed by atoms with van der Waals surface area (Å²) in [6.45, 7) is 1.82. The van der Waals surface area contributed by atoms with Gasteiger partial charge in [-0.05, 0) is 48.9 Å². The van der Waals surface area contributed by atoms with Crippen LogP contribution < -0.4 is 10.1 Å². The number of carbonyl (C=O) groups excluding carboxylic acids is 3. The van der Waals surface area contributed by atoms with E-state index in [2.05, 4.69) is 10.1 Å². The molecule has 130 valence electrons. The molecule has 0 saturated heterocycles. The van der Waals surface area contributed by atoms with Crippen LogP contribution in [0.2, 0.25) is 0 Å². The molecule has 0 fully saturated rings. The lowest BCUT2D eigenvalue weighted by atomic mass is 10.1. The first-order valence-corrected chi connectivity index (χ1v) is 7.67. The van der Waals surface area contributed by atoms with Crippen molar-refractivity contribution >= 4 is 23.3 Å². The molecule has 0 bridgehead atoms. The van der Waals surface area contributed by atoms with Crippen molar-refractivity contribution < 1.29 is 23.9 Å². The second-order valence-electron chi connectivity index (χ2n) is 5.37. The van der Waals surface area contributed by atoms with E-state index in [1.54, 1.807) is 42.5 Å². The van der Waals surface area contributed by atoms with Crippen molar-refractivity contribution in [3.05, 3.63) is 59.7 Å². The highest BCUT2D eigenvalue weighted by molar-refractivity contribution is 6.01. The summed E-state index contributed by atoms with van der Waals surface area (Å²) in [5.74, 6) is -0.386. The largest absolute Gasteiger partial charge is 0.489 e. The number of anilines is 1. The van der Waals surface area contributed by atoms with E-state index in [0.717, 1.165) is 5.56 Å². The Bertz CT molecular complexity index is 768. The lowest BCUT2D eigenvalue weighted by Crippen LogP contribution is -2.17. The molecular weight excluding hydrogens is 322 g/mol. The van der Waals surface area contributed by atoms with Crippen LogP contribution in [0.3, 0.4) is 0 Å². The summed E-state index contributed by atoms with van der Waals surface area (Å²) in [4.78, 5) is 34.0. The molecule has 0 aliphatic rings. The zero-order valence-electron chi connectivity index (χ0n) is 14.1. The summed E-state index contributed by atoms with van der Waals surface area (Å²) in [5, 5.41) is 2.63. The summed E-state index contributed by atoms with van der Waals surface area (Å²) in [7, 11) is 1.23. The van der Waals surface area contributed by atoms with Crippen LogP contribution in [0, 0.1) is 0 Å². The molecular formula is C19H19NO5. The summed E-state index contributed by atoms with van der Waals surface area (Å²) >= 11 is 0. The molecule has 6 heteroatoms. The summed E-state index contributed by atoms with van der Waals surface area (Å²) in [5.41, 5.74) is 2.05. The number of Topliss-reactive ketones (excluding diaryl/α,β-unsaturated/α-hetero) is 1. The van der Waals surface area contributed by atoms with E-state index in [4.69, 9.17) is 4.74 Å². The Hall–Kier alpha value is -3.15. The van der Waals surface area contributed by atoms with Crippen molar-refractivity contribution in [3.63, 3.8) is 0 Å². The molecule has 0 saturated carbocycles. The maximum absolute atomic E-state index is 11.7. The van der Waals surface area contributed by atoms with Gasteiger partial charge in [0, 0.05) is 11.3 Å². The lowest BCUT2D eigenvalue weighted by molar-refractivity contribution is -0.142. The number of ketones is 1. The van der Waals surface area contributed by atoms with E-state index in [-0.39, 0.29) is 12.2 Å². The Morgan fingerprint density at radius 2 is 1.76 bits per heavy atom. The summed E-state index contributed by atoms with van der Waals surface area (Å²) in [6.07, 6.45) is -0.334. The number of methoxy groups -OCH3 is 1. The van der Waals surface area contributed by atoms with Crippen LogP contribution in [0.4, 0.5) is 5.69 Å². The molecule has 0 spiro atoms. The molecule has 1 N–H and O–H groups in total. The van der Waals surface area contributed by atoms with E-state index < -0.39 is 11.9 Å². The van der Waals surface area contributed by atoms with Gasteiger partial charge in [0.25, 0.3) is 0 Å². The number of amides is 1. The van der Waals surface area contributed by atoms with Crippen LogP contribution in [-0.2, 0) is 20.9 Å². The van der Waals surface area contributed by atoms with E-state index in [1.165, 1.54) is 14.0 Å². The number of nitrogens with one attached hydrogen (secondary N) is 1. The zero-order chi connectivity index (χ0) is 18.2. The second-order valence-corrected chi connectivity index (χ2v) is 5.37. The number of rotatable bonds is 7. The van der Waals surface area contributed by atoms with Crippen LogP contribution in [0.25, 0.3) is 0 Å². The molecule has 0 atom stereocenters. The maximum Gasteiger partial charge on any atom is 0.315 e. The molecule has 0 radical (unpaired) electrons. The van der Waals surface area contributed by atoms with Gasteiger partial charge in [0.05, 0.1) is 7.11 Å². The van der Waals surface area contributed by atoms with E-state index in [1.807, 2.05) is 6.07 Å². The molecule has 0 aliphatic heterocycles. The minimum Gasteiger partial charge on any atom is -0.489 e. The first-order valence-electron chi connectivity index (χ1n) is 7.67. The molecule has 0 aromatic heterocycles. The summed E-state index contributed by atoms with van der Waals surface area (Å²) in [6, 6.07) is 14.0. The van der Waals surface area contributed by atoms with E-state index in [9.17, 15) is 14.4 Å². The highest BCUT2D eigenvalue weighted by atomic mass is 16.5. The molecule has 2 aromatic rings. The standard InChI is InChI=1S/C19H19NO5/c1-13(21)15-6-8-17(9-7-15)25-12-14-4-3-5-16(10-14)20-18(22)11-19(23)24-2/h3-10H,11-12H2,1-2H3,(H,20,22). The smallest absolute Gasteiger partial charge is 0.315 e. The van der Waals surface area contributed by atoms with Crippen LogP contribution >= 0.6 is 0 Å². The number of hydrogen-bond acceptors (Lipinski definition) is 5. The normalized spacial score (nSPS) is 10.0. The first-order chi connectivity index (χ1) is 12.0. The van der Waals surface area contributed by atoms with Crippen molar-refractivity contribution in [1.29, 1.82) is 0 Å². The van der Waals surface area contributed by atoms with Gasteiger partial charge >= 0.3 is 5.97 Å². The highest BCUT2D eigenvalue weighted by Crippen LogP contribution is 2.16. The first kappa shape index (κ1) is 18.2. The molecule has 2 aromatic carbocycles. The molecule has 0 unspecified atom stereocenters. The maximum atomic E-state index is 11.7. The van der Waals surface area contributed by atoms with Crippen LogP contribution in [0.5, 0.6) is 5.75 Å². The Kier molecular flexibility index (Phi) is 6.28. The Morgan fingerprint density at radius 1 is 1.04 bits per heavy atom. The van der Waals surface area contributed by atoms with Gasteiger partial charge in [0.2, 0.25) is 5.91 Å². The number of hydrogen-bond donors (Lipinski definition) is 1. The average Bonchev–Trinajstić information content (AvgIpc) is 2.60. The van der Waals surface area contributed by atoms with Crippen molar-refractivity contribution in [2.45, 2.75) is 20.0 Å². The van der Waals surface area contributed by atoms with Gasteiger partial charge in [-0.2, -0.15) is 0 Å². The van der Waals surface area contributed by atoms with Crippen molar-refractivity contribution in [1.82, 2.24) is 0 Å². The predicted octanol–water partition coefficient (Wildman–Crippen LogP) is 2.97. The molecule has 25 heavy (non-hydrogen) atoms. The third-order valence-corrected chi connectivity index (χ3v) is 3.41. The second kappa shape index (κ2) is 8.63. The van der Waals surface area contributed by atoms with Crippen molar-refractivity contribution in [3.8, 4) is 5.75 Å². The van der Waals surface area contributed by atoms with Crippen molar-refractivity contribution in [2.75, 3.05) is 12.4 Å². The van der Waals surface area contributed by atoms with Gasteiger partial charge in [-0.3, -0.25) is 14.4 Å². The summed E-state index contributed by atoms with van der Waals surface area (Å²) < 4.78 is 10.1. The third kappa shape index (κ3) is 5.76. The fourth-order valence-electron chi connectivity index (χ4n) is 2.10. The van der Waals surface area contributed by atoms with Gasteiger partial charge < -0.3 is 14.8 Å². The fraction of sp³-hybridized carbons (Fsp3) is 0.211. The van der Waals surface area contributed by atoms with Crippen LogP contribution in [-0.4, -0.2) is 24.8 Å². The van der Waals surface area contributed by atoms with Gasteiger partial charge in [-0.1, -0.05) is 12.1 Å². The number of benzene rings is 2. The third-order valence-electron chi connectivity index (χ3n) is 3.41. The predicted molar refractivity (Wildman–Crippen MR) is 92.5 cm³/mol. The van der Waals surface area contributed by atoms with Gasteiger partial charge in [-0.15, -0.1) is 0 Å². The average molecular weight is 341 g/mol. The minimum absolute atomic E-state index is 0.00180. The molecule has 2 rings (SSSR count). The Labute approximate surface area is 145 Å². The molecule has 0 heterocycles. The number of esters is 1. The van der Waals surface area contributed by atoms with Crippen molar-refractivity contribution in [2.24, 2.45) is 0 Å². The van der Waals surface area contributed by atoms with Gasteiger partial charge in [0.15, 0.2) is 5.78 Å². The quantitative estimate of drug-likeness (QED) is 0.476. The zero-order valence-corrected chi connectivity index (χ0v) is 14.1. The number of carbonyl (C=O) groups is 3. The lowest BCUT2D eigenvalue weighted by Gasteiger charge is -2.09. The SMILES string of the molecule is COC(=O)CC(=O)Nc1cccc(COc2ccc(C(C)=O)cc2)c1. The monoisotopic (exact) mass is 341 g/mol.